The lowest BCUT2D eigenvalue weighted by Gasteiger charge is -2.19. The maximum atomic E-state index is 12.7. The summed E-state index contributed by atoms with van der Waals surface area (Å²) in [4.78, 5) is 24.8. The number of hydrogen-bond acceptors (Lipinski definition) is 6. The number of carbonyl (C=O) groups excluding carboxylic acids is 2. The van der Waals surface area contributed by atoms with Crippen LogP contribution in [0.2, 0.25) is 0 Å². The van der Waals surface area contributed by atoms with Crippen molar-refractivity contribution in [3.05, 3.63) is 47.0 Å². The van der Waals surface area contributed by atoms with Gasteiger partial charge in [0, 0.05) is 12.1 Å². The molecule has 0 radical (unpaired) electrons. The summed E-state index contributed by atoms with van der Waals surface area (Å²) in [5, 5.41) is 2.71. The molecule has 0 aliphatic heterocycles. The molecule has 2 aromatic rings. The Morgan fingerprint density at radius 2 is 1.57 bits per heavy atom. The Hall–Kier alpha value is -3.22. The van der Waals surface area contributed by atoms with Gasteiger partial charge in [-0.3, -0.25) is 4.79 Å². The first-order valence-corrected chi connectivity index (χ1v) is 8.69. The zero-order valence-electron chi connectivity index (χ0n) is 16.9. The fraction of sp³-hybridized carbons (Fsp3) is 0.333. The van der Waals surface area contributed by atoms with Crippen LogP contribution in [0.5, 0.6) is 17.2 Å². The van der Waals surface area contributed by atoms with Crippen LogP contribution < -0.4 is 19.5 Å². The van der Waals surface area contributed by atoms with Crippen molar-refractivity contribution >= 4 is 17.6 Å². The fourth-order valence-electron chi connectivity index (χ4n) is 2.57. The molecule has 0 saturated carbocycles. The minimum absolute atomic E-state index is 0.146. The van der Waals surface area contributed by atoms with Crippen molar-refractivity contribution in [1.29, 1.82) is 0 Å². The van der Waals surface area contributed by atoms with Gasteiger partial charge in [-0.1, -0.05) is 12.1 Å². The van der Waals surface area contributed by atoms with E-state index in [0.717, 1.165) is 11.1 Å². The third kappa shape index (κ3) is 4.73. The highest BCUT2D eigenvalue weighted by Crippen LogP contribution is 2.34. The predicted molar refractivity (Wildman–Crippen MR) is 106 cm³/mol. The summed E-state index contributed by atoms with van der Waals surface area (Å²) in [5.74, 6) is 0.315. The lowest BCUT2D eigenvalue weighted by Crippen LogP contribution is -2.31. The minimum Gasteiger partial charge on any atom is -0.493 e. The Kier molecular flexibility index (Phi) is 6.87. The topological polar surface area (TPSA) is 83.1 Å². The molecule has 0 heterocycles. The second-order valence-electron chi connectivity index (χ2n) is 6.26. The maximum Gasteiger partial charge on any atom is 0.340 e. The first-order valence-electron chi connectivity index (χ1n) is 8.69. The third-order valence-electron chi connectivity index (χ3n) is 4.20. The normalized spacial score (nSPS) is 11.4. The van der Waals surface area contributed by atoms with E-state index in [-0.39, 0.29) is 11.3 Å². The lowest BCUT2D eigenvalue weighted by molar-refractivity contribution is -0.122. The van der Waals surface area contributed by atoms with E-state index in [1.165, 1.54) is 33.5 Å². The molecular formula is C21H25NO6. The molecule has 2 aromatic carbocycles. The monoisotopic (exact) mass is 387 g/mol. The van der Waals surface area contributed by atoms with E-state index in [1.54, 1.807) is 6.92 Å². The van der Waals surface area contributed by atoms with Crippen LogP contribution in [-0.2, 0) is 9.53 Å². The number of ether oxygens (including phenoxy) is 4. The van der Waals surface area contributed by atoms with Gasteiger partial charge in [-0.15, -0.1) is 0 Å². The van der Waals surface area contributed by atoms with Crippen molar-refractivity contribution in [2.24, 2.45) is 0 Å². The molecule has 0 fully saturated rings. The van der Waals surface area contributed by atoms with Gasteiger partial charge in [0.05, 0.1) is 32.6 Å². The third-order valence-corrected chi connectivity index (χ3v) is 4.20. The second-order valence-corrected chi connectivity index (χ2v) is 6.26. The van der Waals surface area contributed by atoms with Crippen LogP contribution in [0.3, 0.4) is 0 Å². The molecule has 1 amide bonds. The summed E-state index contributed by atoms with van der Waals surface area (Å²) in [6.07, 6.45) is -0.793. The van der Waals surface area contributed by atoms with Crippen LogP contribution in [-0.4, -0.2) is 39.3 Å². The highest BCUT2D eigenvalue weighted by Gasteiger charge is 2.22. The summed E-state index contributed by atoms with van der Waals surface area (Å²) in [5.41, 5.74) is 2.34. The van der Waals surface area contributed by atoms with Crippen molar-refractivity contribution in [1.82, 2.24) is 0 Å². The van der Waals surface area contributed by atoms with E-state index in [4.69, 9.17) is 18.9 Å². The number of rotatable bonds is 7. The molecule has 28 heavy (non-hydrogen) atoms. The molecule has 2 rings (SSSR count). The van der Waals surface area contributed by atoms with E-state index < -0.39 is 18.0 Å². The highest BCUT2D eigenvalue weighted by molar-refractivity contribution is 6.03. The average molecular weight is 387 g/mol. The van der Waals surface area contributed by atoms with Gasteiger partial charge in [0.25, 0.3) is 5.91 Å². The Morgan fingerprint density at radius 1 is 0.929 bits per heavy atom. The Labute approximate surface area is 164 Å². The first kappa shape index (κ1) is 21.1. The molecule has 0 spiro atoms. The van der Waals surface area contributed by atoms with Crippen molar-refractivity contribution in [3.63, 3.8) is 0 Å². The Morgan fingerprint density at radius 3 is 2.18 bits per heavy atom. The van der Waals surface area contributed by atoms with E-state index >= 15 is 0 Å². The molecule has 0 saturated heterocycles. The highest BCUT2D eigenvalue weighted by atomic mass is 16.5. The molecule has 0 unspecified atom stereocenters. The molecule has 1 atom stereocenters. The van der Waals surface area contributed by atoms with E-state index in [1.807, 2.05) is 32.0 Å². The predicted octanol–water partition coefficient (Wildman–Crippen LogP) is 3.51. The SMILES string of the molecule is COC(=O)c1cc(OC)c(OC)cc1NC(=O)[C@H](C)Oc1cc(C)ccc1C. The average Bonchev–Trinajstić information content (AvgIpc) is 2.69. The molecular weight excluding hydrogens is 362 g/mol. The van der Waals surface area contributed by atoms with Gasteiger partial charge in [-0.25, -0.2) is 4.79 Å². The quantitative estimate of drug-likeness (QED) is 0.732. The van der Waals surface area contributed by atoms with Gasteiger partial charge in [0.15, 0.2) is 17.6 Å². The molecule has 1 N–H and O–H groups in total. The molecule has 0 bridgehead atoms. The number of aryl methyl sites for hydroxylation is 2. The molecule has 150 valence electrons. The number of amides is 1. The summed E-state index contributed by atoms with van der Waals surface area (Å²) >= 11 is 0. The number of methoxy groups -OCH3 is 3. The van der Waals surface area contributed by atoms with Crippen molar-refractivity contribution in [3.8, 4) is 17.2 Å². The van der Waals surface area contributed by atoms with Gasteiger partial charge < -0.3 is 24.3 Å². The summed E-state index contributed by atoms with van der Waals surface area (Å²) < 4.78 is 21.1. The van der Waals surface area contributed by atoms with Gasteiger partial charge in [0.1, 0.15) is 5.75 Å². The number of carbonyl (C=O) groups is 2. The van der Waals surface area contributed by atoms with Gasteiger partial charge in [0.2, 0.25) is 0 Å². The lowest BCUT2D eigenvalue weighted by atomic mass is 10.1. The number of hydrogen-bond donors (Lipinski definition) is 1. The zero-order chi connectivity index (χ0) is 20.8. The van der Waals surface area contributed by atoms with Crippen LogP contribution in [0.1, 0.15) is 28.4 Å². The summed E-state index contributed by atoms with van der Waals surface area (Å²) in [6, 6.07) is 8.73. The van der Waals surface area contributed by atoms with Crippen molar-refractivity contribution in [2.75, 3.05) is 26.6 Å². The van der Waals surface area contributed by atoms with E-state index in [9.17, 15) is 9.59 Å². The van der Waals surface area contributed by atoms with Crippen LogP contribution in [0.15, 0.2) is 30.3 Å². The maximum absolute atomic E-state index is 12.7. The first-order chi connectivity index (χ1) is 13.3. The van der Waals surface area contributed by atoms with E-state index in [0.29, 0.717) is 17.2 Å². The van der Waals surface area contributed by atoms with Crippen LogP contribution in [0.4, 0.5) is 5.69 Å². The smallest absolute Gasteiger partial charge is 0.340 e. The summed E-state index contributed by atoms with van der Waals surface area (Å²) in [7, 11) is 4.18. The number of anilines is 1. The van der Waals surface area contributed by atoms with Crippen molar-refractivity contribution < 1.29 is 28.5 Å². The summed E-state index contributed by atoms with van der Waals surface area (Å²) in [6.45, 7) is 5.49. The van der Waals surface area contributed by atoms with Crippen LogP contribution >= 0.6 is 0 Å². The van der Waals surface area contributed by atoms with E-state index in [2.05, 4.69) is 5.32 Å². The Bertz CT molecular complexity index is 877. The molecule has 0 aliphatic carbocycles. The van der Waals surface area contributed by atoms with Crippen LogP contribution in [0.25, 0.3) is 0 Å². The molecule has 7 heteroatoms. The van der Waals surface area contributed by atoms with Gasteiger partial charge >= 0.3 is 5.97 Å². The van der Waals surface area contributed by atoms with Crippen LogP contribution in [0, 0.1) is 13.8 Å². The van der Waals surface area contributed by atoms with Gasteiger partial charge in [-0.2, -0.15) is 0 Å². The Balaban J connectivity index is 2.28. The molecule has 7 nitrogen and oxygen atoms in total. The molecule has 0 aliphatic rings. The number of nitrogens with one attached hydrogen (secondary N) is 1. The van der Waals surface area contributed by atoms with Gasteiger partial charge in [-0.05, 0) is 38.0 Å². The second kappa shape index (κ2) is 9.12. The largest absolute Gasteiger partial charge is 0.493 e. The number of benzene rings is 2. The fourth-order valence-corrected chi connectivity index (χ4v) is 2.57. The standard InChI is InChI=1S/C21H25NO6/c1-12-7-8-13(2)17(9-12)28-14(3)20(23)22-16-11-19(26-5)18(25-4)10-15(16)21(24)27-6/h7-11,14H,1-6H3,(H,22,23)/t14-/m0/s1. The number of esters is 1. The minimum atomic E-state index is -0.793. The zero-order valence-corrected chi connectivity index (χ0v) is 16.9. The van der Waals surface area contributed by atoms with Crippen molar-refractivity contribution in [2.45, 2.75) is 26.9 Å². The molecule has 0 aromatic heterocycles.